The molecule has 2 nitrogen and oxygen atoms in total. The van der Waals surface area contributed by atoms with Gasteiger partial charge in [0.1, 0.15) is 0 Å². The molecule has 1 atom stereocenters. The minimum Gasteiger partial charge on any atom is -0.329 e. The molecule has 0 bridgehead atoms. The maximum atomic E-state index is 5.83. The lowest BCUT2D eigenvalue weighted by molar-refractivity contribution is 0.145. The molecule has 0 spiro atoms. The molecule has 1 aliphatic heterocycles. The van der Waals surface area contributed by atoms with Crippen molar-refractivity contribution in [1.82, 2.24) is 4.90 Å². The molecule has 2 N–H and O–H groups in total. The maximum absolute atomic E-state index is 5.83. The number of likely N-dealkylation sites (tertiary alicyclic amines) is 1. The van der Waals surface area contributed by atoms with E-state index >= 15 is 0 Å². The van der Waals surface area contributed by atoms with Crippen LogP contribution in [-0.2, 0) is 6.54 Å². The molecule has 1 unspecified atom stereocenters. The summed E-state index contributed by atoms with van der Waals surface area (Å²) in [6.07, 6.45) is 3.92. The van der Waals surface area contributed by atoms with E-state index in [-0.39, 0.29) is 12.4 Å². The van der Waals surface area contributed by atoms with Gasteiger partial charge in [-0.25, -0.2) is 0 Å². The number of hydrogen-bond acceptors (Lipinski definition) is 2. The van der Waals surface area contributed by atoms with Crippen LogP contribution in [0.4, 0.5) is 0 Å². The highest BCUT2D eigenvalue weighted by atomic mass is 127. The molecule has 1 aliphatic rings. The average molecular weight is 367 g/mol. The highest BCUT2D eigenvalue weighted by Crippen LogP contribution is 2.19. The van der Waals surface area contributed by atoms with E-state index in [0.717, 1.165) is 13.1 Å². The van der Waals surface area contributed by atoms with Gasteiger partial charge < -0.3 is 5.73 Å². The van der Waals surface area contributed by atoms with Crippen molar-refractivity contribution in [2.45, 2.75) is 31.8 Å². The minimum atomic E-state index is 0. The van der Waals surface area contributed by atoms with Gasteiger partial charge in [-0.15, -0.1) is 12.4 Å². The Hall–Kier alpha value is 0.160. The molecular weight excluding hydrogens is 347 g/mol. The van der Waals surface area contributed by atoms with Crippen LogP contribution in [0.1, 0.15) is 24.8 Å². The van der Waals surface area contributed by atoms with E-state index in [1.54, 1.807) is 0 Å². The van der Waals surface area contributed by atoms with Gasteiger partial charge in [0.2, 0.25) is 0 Å². The third-order valence-electron chi connectivity index (χ3n) is 3.32. The van der Waals surface area contributed by atoms with Crippen molar-refractivity contribution in [3.05, 3.63) is 33.4 Å². The van der Waals surface area contributed by atoms with Crippen LogP contribution < -0.4 is 5.73 Å². The Morgan fingerprint density at radius 2 is 1.94 bits per heavy atom. The van der Waals surface area contributed by atoms with E-state index < -0.39 is 0 Å². The number of nitrogens with two attached hydrogens (primary N) is 1. The molecule has 1 heterocycles. The summed E-state index contributed by atoms with van der Waals surface area (Å²) >= 11 is 2.35. The molecule has 0 amide bonds. The molecule has 2 rings (SSSR count). The van der Waals surface area contributed by atoms with Crippen LogP contribution >= 0.6 is 35.0 Å². The summed E-state index contributed by atoms with van der Waals surface area (Å²) in [5.74, 6) is 0. The third kappa shape index (κ3) is 4.39. The first-order valence-corrected chi connectivity index (χ1v) is 7.06. The topological polar surface area (TPSA) is 29.3 Å². The molecule has 96 valence electrons. The highest BCUT2D eigenvalue weighted by Gasteiger charge is 2.20. The van der Waals surface area contributed by atoms with Gasteiger partial charge in [-0.3, -0.25) is 4.90 Å². The van der Waals surface area contributed by atoms with E-state index in [4.69, 9.17) is 5.73 Å². The summed E-state index contributed by atoms with van der Waals surface area (Å²) in [5.41, 5.74) is 7.23. The van der Waals surface area contributed by atoms with Crippen molar-refractivity contribution in [2.75, 3.05) is 13.1 Å². The lowest BCUT2D eigenvalue weighted by atomic mass is 10.0. The summed E-state index contributed by atoms with van der Waals surface area (Å²) < 4.78 is 1.30. The number of rotatable bonds is 3. The first-order chi connectivity index (χ1) is 7.79. The average Bonchev–Trinajstić information content (AvgIpc) is 2.33. The number of hydrogen-bond donors (Lipinski definition) is 1. The molecule has 17 heavy (non-hydrogen) atoms. The maximum Gasteiger partial charge on any atom is 0.0237 e. The lowest BCUT2D eigenvalue weighted by Gasteiger charge is -2.35. The molecule has 0 saturated carbocycles. The summed E-state index contributed by atoms with van der Waals surface area (Å²) in [4.78, 5) is 2.53. The van der Waals surface area contributed by atoms with Gasteiger partial charge in [0, 0.05) is 22.7 Å². The Kier molecular flexibility index (Phi) is 6.77. The molecule has 0 radical (unpaired) electrons. The highest BCUT2D eigenvalue weighted by molar-refractivity contribution is 14.1. The largest absolute Gasteiger partial charge is 0.329 e. The zero-order valence-corrected chi connectivity index (χ0v) is 12.9. The van der Waals surface area contributed by atoms with Crippen LogP contribution in [-0.4, -0.2) is 24.0 Å². The van der Waals surface area contributed by atoms with E-state index in [2.05, 4.69) is 51.8 Å². The van der Waals surface area contributed by atoms with Crippen molar-refractivity contribution in [3.63, 3.8) is 0 Å². The second kappa shape index (κ2) is 7.56. The van der Waals surface area contributed by atoms with Crippen LogP contribution in [0.25, 0.3) is 0 Å². The van der Waals surface area contributed by atoms with Gasteiger partial charge in [0.15, 0.2) is 0 Å². The van der Waals surface area contributed by atoms with Gasteiger partial charge in [0.25, 0.3) is 0 Å². The standard InChI is InChI=1S/C13H19IN2.ClH/c14-12-6-4-11(5-7-12)10-16-8-2-1-3-13(16)9-15;/h4-7,13H,1-3,8-10,15H2;1H. The van der Waals surface area contributed by atoms with Gasteiger partial charge in [-0.2, -0.15) is 0 Å². The Labute approximate surface area is 123 Å². The number of piperidine rings is 1. The summed E-state index contributed by atoms with van der Waals surface area (Å²) in [5, 5.41) is 0. The van der Waals surface area contributed by atoms with Crippen LogP contribution in [0.15, 0.2) is 24.3 Å². The summed E-state index contributed by atoms with van der Waals surface area (Å²) in [6, 6.07) is 9.40. The summed E-state index contributed by atoms with van der Waals surface area (Å²) in [7, 11) is 0. The Bertz CT molecular complexity index is 329. The zero-order valence-electron chi connectivity index (χ0n) is 9.94. The molecule has 4 heteroatoms. The molecule has 0 aromatic heterocycles. The Morgan fingerprint density at radius 1 is 1.24 bits per heavy atom. The molecule has 1 aromatic carbocycles. The normalized spacial score (nSPS) is 20.9. The van der Waals surface area contributed by atoms with E-state index in [1.165, 1.54) is 34.9 Å². The molecule has 1 fully saturated rings. The molecule has 1 saturated heterocycles. The van der Waals surface area contributed by atoms with E-state index in [9.17, 15) is 0 Å². The minimum absolute atomic E-state index is 0. The zero-order chi connectivity index (χ0) is 11.4. The third-order valence-corrected chi connectivity index (χ3v) is 4.04. The van der Waals surface area contributed by atoms with Crippen LogP contribution in [0.3, 0.4) is 0 Å². The van der Waals surface area contributed by atoms with Gasteiger partial charge in [0.05, 0.1) is 0 Å². The lowest BCUT2D eigenvalue weighted by Crippen LogP contribution is -2.43. The fraction of sp³-hybridized carbons (Fsp3) is 0.538. The fourth-order valence-corrected chi connectivity index (χ4v) is 2.72. The first-order valence-electron chi connectivity index (χ1n) is 5.98. The van der Waals surface area contributed by atoms with Crippen LogP contribution in [0.2, 0.25) is 0 Å². The van der Waals surface area contributed by atoms with E-state index in [0.29, 0.717) is 6.04 Å². The van der Waals surface area contributed by atoms with Gasteiger partial charge in [-0.1, -0.05) is 18.6 Å². The predicted octanol–water partition coefficient (Wildman–Crippen LogP) is 3.03. The van der Waals surface area contributed by atoms with Crippen molar-refractivity contribution >= 4 is 35.0 Å². The monoisotopic (exact) mass is 366 g/mol. The Morgan fingerprint density at radius 3 is 2.59 bits per heavy atom. The molecule has 0 aliphatic carbocycles. The predicted molar refractivity (Wildman–Crippen MR) is 83.5 cm³/mol. The van der Waals surface area contributed by atoms with Gasteiger partial charge in [-0.05, 0) is 59.7 Å². The fourth-order valence-electron chi connectivity index (χ4n) is 2.36. The van der Waals surface area contributed by atoms with Crippen LogP contribution in [0.5, 0.6) is 0 Å². The van der Waals surface area contributed by atoms with Crippen molar-refractivity contribution in [3.8, 4) is 0 Å². The Balaban J connectivity index is 0.00000144. The SMILES string of the molecule is Cl.NCC1CCCCN1Cc1ccc(I)cc1. The van der Waals surface area contributed by atoms with Crippen LogP contribution in [0, 0.1) is 3.57 Å². The van der Waals surface area contributed by atoms with Crippen molar-refractivity contribution in [2.24, 2.45) is 5.73 Å². The quantitative estimate of drug-likeness (QED) is 0.833. The van der Waals surface area contributed by atoms with Crippen molar-refractivity contribution < 1.29 is 0 Å². The van der Waals surface area contributed by atoms with Gasteiger partial charge >= 0.3 is 0 Å². The van der Waals surface area contributed by atoms with E-state index in [1.807, 2.05) is 0 Å². The van der Waals surface area contributed by atoms with Crippen molar-refractivity contribution in [1.29, 1.82) is 0 Å². The summed E-state index contributed by atoms with van der Waals surface area (Å²) in [6.45, 7) is 3.05. The smallest absolute Gasteiger partial charge is 0.0237 e. The second-order valence-electron chi connectivity index (χ2n) is 4.48. The number of benzene rings is 1. The second-order valence-corrected chi connectivity index (χ2v) is 5.73. The number of halogens is 2. The molecular formula is C13H20ClIN2. The first kappa shape index (κ1) is 15.2. The number of nitrogens with zero attached hydrogens (tertiary/aromatic N) is 1. The molecule has 1 aromatic rings.